The maximum Gasteiger partial charge on any atom is 0.164 e. The maximum atomic E-state index is 6.07. The van der Waals surface area contributed by atoms with Gasteiger partial charge in [-0.25, -0.2) is 0 Å². The molecule has 1 aromatic heterocycles. The van der Waals surface area contributed by atoms with Gasteiger partial charge in [-0.2, -0.15) is 0 Å². The molecule has 106 valence electrons. The van der Waals surface area contributed by atoms with Crippen LogP contribution in [-0.4, -0.2) is 23.3 Å². The molecule has 0 amide bonds. The van der Waals surface area contributed by atoms with Gasteiger partial charge in [0, 0.05) is 11.6 Å². The Kier molecular flexibility index (Phi) is 3.05. The van der Waals surface area contributed by atoms with Crippen molar-refractivity contribution in [2.45, 2.75) is 26.4 Å². The molecule has 3 rings (SSSR count). The van der Waals surface area contributed by atoms with E-state index in [1.165, 1.54) is 11.5 Å². The molecule has 1 aliphatic heterocycles. The van der Waals surface area contributed by atoms with Gasteiger partial charge in [0.1, 0.15) is 17.0 Å². The van der Waals surface area contributed by atoms with Crippen LogP contribution < -0.4 is 14.2 Å². The van der Waals surface area contributed by atoms with Crippen LogP contribution in [0.2, 0.25) is 0 Å². The monoisotopic (exact) mass is 292 g/mol. The Morgan fingerprint density at radius 1 is 1.30 bits per heavy atom. The van der Waals surface area contributed by atoms with Crippen molar-refractivity contribution in [3.05, 3.63) is 17.0 Å². The molecule has 2 aromatic rings. The summed E-state index contributed by atoms with van der Waals surface area (Å²) in [6.07, 6.45) is 0. The zero-order valence-corrected chi connectivity index (χ0v) is 12.7. The highest BCUT2D eigenvalue weighted by Crippen LogP contribution is 2.49. The SMILES string of the molecule is CCOc1cc2c(cc1OC)OC(C)(C)c1snnc1-2. The molecule has 0 aliphatic carbocycles. The number of ether oxygens (including phenoxy) is 3. The molecule has 6 heteroatoms. The molecular formula is C14H16N2O3S. The summed E-state index contributed by atoms with van der Waals surface area (Å²) < 4.78 is 21.1. The van der Waals surface area contributed by atoms with E-state index in [2.05, 4.69) is 9.59 Å². The second-order valence-corrected chi connectivity index (χ2v) is 5.75. The minimum absolute atomic E-state index is 0.436. The molecule has 0 spiro atoms. The number of methoxy groups -OCH3 is 1. The summed E-state index contributed by atoms with van der Waals surface area (Å²) >= 11 is 1.37. The minimum atomic E-state index is -0.436. The second-order valence-electron chi connectivity index (χ2n) is 5.00. The van der Waals surface area contributed by atoms with Crippen LogP contribution in [0.3, 0.4) is 0 Å². The molecule has 1 aliphatic rings. The van der Waals surface area contributed by atoms with E-state index in [0.717, 1.165) is 21.9 Å². The van der Waals surface area contributed by atoms with E-state index in [-0.39, 0.29) is 0 Å². The van der Waals surface area contributed by atoms with E-state index in [1.54, 1.807) is 7.11 Å². The molecule has 0 saturated carbocycles. The average Bonchev–Trinajstić information content (AvgIpc) is 2.89. The van der Waals surface area contributed by atoms with E-state index in [4.69, 9.17) is 14.2 Å². The molecule has 0 atom stereocenters. The van der Waals surface area contributed by atoms with Crippen molar-refractivity contribution in [2.75, 3.05) is 13.7 Å². The lowest BCUT2D eigenvalue weighted by atomic mass is 9.97. The van der Waals surface area contributed by atoms with Crippen molar-refractivity contribution in [3.8, 4) is 28.5 Å². The highest BCUT2D eigenvalue weighted by molar-refractivity contribution is 7.06. The van der Waals surface area contributed by atoms with Crippen LogP contribution in [0.5, 0.6) is 17.2 Å². The predicted molar refractivity (Wildman–Crippen MR) is 76.7 cm³/mol. The molecule has 1 aromatic carbocycles. The van der Waals surface area contributed by atoms with E-state index < -0.39 is 5.60 Å². The van der Waals surface area contributed by atoms with Gasteiger partial charge in [0.25, 0.3) is 0 Å². The average molecular weight is 292 g/mol. The summed E-state index contributed by atoms with van der Waals surface area (Å²) in [5, 5.41) is 4.24. The summed E-state index contributed by atoms with van der Waals surface area (Å²) in [4.78, 5) is 1.03. The summed E-state index contributed by atoms with van der Waals surface area (Å²) in [5.74, 6) is 2.10. The van der Waals surface area contributed by atoms with E-state index in [1.807, 2.05) is 32.9 Å². The summed E-state index contributed by atoms with van der Waals surface area (Å²) in [7, 11) is 1.62. The first-order valence-electron chi connectivity index (χ1n) is 6.44. The first-order valence-corrected chi connectivity index (χ1v) is 7.21. The number of hydrogen-bond donors (Lipinski definition) is 0. The Bertz CT molecular complexity index is 652. The van der Waals surface area contributed by atoms with Gasteiger partial charge in [-0.3, -0.25) is 0 Å². The molecule has 0 fully saturated rings. The Hall–Kier alpha value is -1.82. The van der Waals surface area contributed by atoms with Crippen molar-refractivity contribution in [2.24, 2.45) is 0 Å². The molecule has 20 heavy (non-hydrogen) atoms. The van der Waals surface area contributed by atoms with Crippen LogP contribution in [0.4, 0.5) is 0 Å². The highest BCUT2D eigenvalue weighted by Gasteiger charge is 2.36. The van der Waals surface area contributed by atoms with Gasteiger partial charge in [0.2, 0.25) is 0 Å². The minimum Gasteiger partial charge on any atom is -0.493 e. The van der Waals surface area contributed by atoms with Gasteiger partial charge in [-0.15, -0.1) is 5.10 Å². The largest absolute Gasteiger partial charge is 0.493 e. The van der Waals surface area contributed by atoms with Crippen LogP contribution >= 0.6 is 11.5 Å². The zero-order valence-electron chi connectivity index (χ0n) is 11.9. The number of benzene rings is 1. The smallest absolute Gasteiger partial charge is 0.164 e. The van der Waals surface area contributed by atoms with Gasteiger partial charge >= 0.3 is 0 Å². The van der Waals surface area contributed by atoms with E-state index >= 15 is 0 Å². The van der Waals surface area contributed by atoms with Gasteiger partial charge in [0.15, 0.2) is 11.5 Å². The fraction of sp³-hybridized carbons (Fsp3) is 0.429. The lowest BCUT2D eigenvalue weighted by Crippen LogP contribution is -2.28. The maximum absolute atomic E-state index is 6.07. The van der Waals surface area contributed by atoms with Crippen LogP contribution in [0.15, 0.2) is 12.1 Å². The Morgan fingerprint density at radius 2 is 2.10 bits per heavy atom. The van der Waals surface area contributed by atoms with E-state index in [0.29, 0.717) is 18.1 Å². The predicted octanol–water partition coefficient (Wildman–Crippen LogP) is 3.24. The lowest BCUT2D eigenvalue weighted by molar-refractivity contribution is 0.109. The number of aromatic nitrogens is 2. The van der Waals surface area contributed by atoms with Crippen LogP contribution in [0, 0.1) is 0 Å². The second kappa shape index (κ2) is 4.63. The molecule has 0 saturated heterocycles. The van der Waals surface area contributed by atoms with Gasteiger partial charge in [-0.05, 0) is 38.4 Å². The van der Waals surface area contributed by atoms with Crippen molar-refractivity contribution in [1.82, 2.24) is 9.59 Å². The standard InChI is InChI=1S/C14H16N2O3S/c1-5-18-11-6-8-9(7-10(11)17-4)19-14(2,3)13-12(8)15-16-20-13/h6-7H,5H2,1-4H3. The topological polar surface area (TPSA) is 53.5 Å². The summed E-state index contributed by atoms with van der Waals surface area (Å²) in [6.45, 7) is 6.53. The molecule has 0 radical (unpaired) electrons. The van der Waals surface area contributed by atoms with E-state index in [9.17, 15) is 0 Å². The quantitative estimate of drug-likeness (QED) is 0.869. The first kappa shape index (κ1) is 13.2. The first-order chi connectivity index (χ1) is 9.56. The molecule has 2 heterocycles. The Morgan fingerprint density at radius 3 is 2.80 bits per heavy atom. The Balaban J connectivity index is 2.20. The fourth-order valence-corrected chi connectivity index (χ4v) is 3.02. The molecule has 0 bridgehead atoms. The molecule has 0 N–H and O–H groups in total. The Labute approximate surface area is 121 Å². The van der Waals surface area contributed by atoms with Gasteiger partial charge in [-0.1, -0.05) is 4.49 Å². The highest BCUT2D eigenvalue weighted by atomic mass is 32.1. The number of rotatable bonds is 3. The zero-order chi connectivity index (χ0) is 14.3. The third kappa shape index (κ3) is 1.91. The van der Waals surface area contributed by atoms with Crippen LogP contribution in [-0.2, 0) is 5.60 Å². The normalized spacial score (nSPS) is 15.0. The number of hydrogen-bond acceptors (Lipinski definition) is 6. The third-order valence-corrected chi connectivity index (χ3v) is 4.25. The van der Waals surface area contributed by atoms with Crippen LogP contribution in [0.25, 0.3) is 11.3 Å². The van der Waals surface area contributed by atoms with Crippen LogP contribution in [0.1, 0.15) is 25.6 Å². The third-order valence-electron chi connectivity index (χ3n) is 3.22. The van der Waals surface area contributed by atoms with Crippen molar-refractivity contribution < 1.29 is 14.2 Å². The van der Waals surface area contributed by atoms with Gasteiger partial charge < -0.3 is 14.2 Å². The molecule has 0 unspecified atom stereocenters. The summed E-state index contributed by atoms with van der Waals surface area (Å²) in [5.41, 5.74) is 1.33. The molecule has 5 nitrogen and oxygen atoms in total. The number of nitrogens with zero attached hydrogens (tertiary/aromatic N) is 2. The van der Waals surface area contributed by atoms with Gasteiger partial charge in [0.05, 0.1) is 18.6 Å². The number of fused-ring (bicyclic) bond motifs is 3. The fourth-order valence-electron chi connectivity index (χ4n) is 2.32. The lowest BCUT2D eigenvalue weighted by Gasteiger charge is -2.31. The van der Waals surface area contributed by atoms with Crippen molar-refractivity contribution in [1.29, 1.82) is 0 Å². The van der Waals surface area contributed by atoms with Crippen molar-refractivity contribution >= 4 is 11.5 Å². The molecular weight excluding hydrogens is 276 g/mol. The summed E-state index contributed by atoms with van der Waals surface area (Å²) in [6, 6.07) is 3.76. The van der Waals surface area contributed by atoms with Crippen molar-refractivity contribution in [3.63, 3.8) is 0 Å².